The first-order chi connectivity index (χ1) is 8.35. The van der Waals surface area contributed by atoms with Gasteiger partial charge in [-0.05, 0) is 27.6 Å². The fourth-order valence-electron chi connectivity index (χ4n) is 2.00. The molecule has 4 nitrogen and oxygen atoms in total. The second kappa shape index (κ2) is 4.13. The van der Waals surface area contributed by atoms with Crippen molar-refractivity contribution >= 4 is 39.8 Å². The summed E-state index contributed by atoms with van der Waals surface area (Å²) in [6.07, 6.45) is 0. The highest BCUT2D eigenvalue weighted by molar-refractivity contribution is 6.19. The zero-order valence-electron chi connectivity index (χ0n) is 8.77. The van der Waals surface area contributed by atoms with E-state index in [9.17, 15) is 0 Å². The van der Waals surface area contributed by atoms with Gasteiger partial charge in [-0.2, -0.15) is 4.52 Å². The van der Waals surface area contributed by atoms with Crippen LogP contribution in [0, 0.1) is 0 Å². The molecule has 86 valence electrons. The van der Waals surface area contributed by atoms with Crippen molar-refractivity contribution in [3.63, 3.8) is 0 Å². The topological polar surface area (TPSA) is 43.1 Å². The van der Waals surface area contributed by atoms with E-state index in [1.807, 2.05) is 24.3 Å². The quantitative estimate of drug-likeness (QED) is 0.670. The Bertz CT molecular complexity index is 690. The van der Waals surface area contributed by atoms with Crippen LogP contribution < -0.4 is 0 Å². The Kier molecular flexibility index (Phi) is 2.61. The molecule has 0 amide bonds. The molecule has 0 spiro atoms. The van der Waals surface area contributed by atoms with Crippen LogP contribution in [0.4, 0.5) is 0 Å². The van der Waals surface area contributed by atoms with Gasteiger partial charge < -0.3 is 0 Å². The predicted molar refractivity (Wildman–Crippen MR) is 67.4 cm³/mol. The Hall–Kier alpha value is -1.39. The van der Waals surface area contributed by atoms with Gasteiger partial charge in [0.2, 0.25) is 0 Å². The molecule has 0 aliphatic heterocycles. The molecule has 0 saturated carbocycles. The van der Waals surface area contributed by atoms with Crippen molar-refractivity contribution in [2.75, 3.05) is 0 Å². The van der Waals surface area contributed by atoms with Gasteiger partial charge in [0, 0.05) is 17.1 Å². The number of hydrogen-bond acceptors (Lipinski definition) is 3. The molecule has 3 rings (SSSR count). The van der Waals surface area contributed by atoms with E-state index in [2.05, 4.69) is 15.5 Å². The lowest BCUT2D eigenvalue weighted by atomic mass is 10.1. The summed E-state index contributed by atoms with van der Waals surface area (Å²) in [5, 5.41) is 12.7. The maximum absolute atomic E-state index is 5.96. The molecule has 0 bridgehead atoms. The van der Waals surface area contributed by atoms with Crippen LogP contribution in [0.25, 0.3) is 16.6 Å². The van der Waals surface area contributed by atoms with E-state index in [4.69, 9.17) is 23.2 Å². The average molecular weight is 267 g/mol. The van der Waals surface area contributed by atoms with Crippen LogP contribution in [0.15, 0.2) is 24.3 Å². The van der Waals surface area contributed by atoms with Gasteiger partial charge >= 0.3 is 0 Å². The highest BCUT2D eigenvalue weighted by Crippen LogP contribution is 2.25. The minimum Gasteiger partial charge on any atom is -0.192 e. The molecule has 6 heteroatoms. The molecule has 2 aromatic heterocycles. The van der Waals surface area contributed by atoms with Crippen LogP contribution in [-0.4, -0.2) is 20.0 Å². The Balaban J connectivity index is 2.57. The van der Waals surface area contributed by atoms with E-state index in [1.165, 1.54) is 0 Å². The highest BCUT2D eigenvalue weighted by Gasteiger charge is 2.11. The average Bonchev–Trinajstić information content (AvgIpc) is 2.84. The van der Waals surface area contributed by atoms with Gasteiger partial charge in [-0.1, -0.05) is 18.2 Å². The maximum atomic E-state index is 5.96. The summed E-state index contributed by atoms with van der Waals surface area (Å²) in [6, 6.07) is 7.83. The number of nitrogens with zero attached hydrogens (tertiary/aromatic N) is 4. The number of rotatable bonds is 2. The van der Waals surface area contributed by atoms with Gasteiger partial charge in [-0.15, -0.1) is 28.3 Å². The molecule has 1 aromatic carbocycles. The van der Waals surface area contributed by atoms with E-state index < -0.39 is 0 Å². The van der Waals surface area contributed by atoms with Crippen molar-refractivity contribution < 1.29 is 0 Å². The van der Waals surface area contributed by atoms with Crippen LogP contribution in [-0.2, 0) is 11.8 Å². The van der Waals surface area contributed by atoms with Crippen molar-refractivity contribution in [2.24, 2.45) is 0 Å². The summed E-state index contributed by atoms with van der Waals surface area (Å²) in [6.45, 7) is 0. The Morgan fingerprint density at radius 2 is 1.94 bits per heavy atom. The molecular formula is C11H8Cl2N4. The number of hydrogen-bond donors (Lipinski definition) is 0. The molecule has 0 aliphatic rings. The van der Waals surface area contributed by atoms with Gasteiger partial charge in [0.05, 0.1) is 5.52 Å². The van der Waals surface area contributed by atoms with E-state index in [0.717, 1.165) is 22.0 Å². The van der Waals surface area contributed by atoms with Crippen LogP contribution in [0.1, 0.15) is 11.1 Å². The van der Waals surface area contributed by atoms with Gasteiger partial charge in [-0.25, -0.2) is 0 Å². The zero-order chi connectivity index (χ0) is 11.8. The number of tetrazole rings is 1. The molecule has 0 saturated heterocycles. The first-order valence-electron chi connectivity index (χ1n) is 5.08. The lowest BCUT2D eigenvalue weighted by molar-refractivity contribution is 0.840. The van der Waals surface area contributed by atoms with E-state index in [0.29, 0.717) is 17.4 Å². The summed E-state index contributed by atoms with van der Waals surface area (Å²) < 4.78 is 1.70. The fourth-order valence-corrected chi connectivity index (χ4v) is 2.43. The van der Waals surface area contributed by atoms with Gasteiger partial charge in [0.1, 0.15) is 0 Å². The van der Waals surface area contributed by atoms with Crippen LogP contribution in [0.2, 0.25) is 0 Å². The smallest absolute Gasteiger partial charge is 0.180 e. The molecule has 17 heavy (non-hydrogen) atoms. The minimum absolute atomic E-state index is 0.415. The third kappa shape index (κ3) is 1.56. The van der Waals surface area contributed by atoms with Gasteiger partial charge in [0.25, 0.3) is 0 Å². The van der Waals surface area contributed by atoms with Crippen LogP contribution in [0.3, 0.4) is 0 Å². The standard InChI is InChI=1S/C11H8Cl2N4/c12-5-7-2-1-3-9-8(6-13)4-10-14-15-16-17(10)11(7)9/h1-4H,5-6H2. The van der Waals surface area contributed by atoms with E-state index >= 15 is 0 Å². The molecule has 0 atom stereocenters. The van der Waals surface area contributed by atoms with Crippen molar-refractivity contribution in [3.8, 4) is 0 Å². The molecule has 0 fully saturated rings. The SMILES string of the molecule is ClCc1cc2nnnn2c2c(CCl)cccc12. The van der Waals surface area contributed by atoms with Crippen molar-refractivity contribution in [3.05, 3.63) is 35.4 Å². The van der Waals surface area contributed by atoms with Crippen LogP contribution >= 0.6 is 23.2 Å². The summed E-state index contributed by atoms with van der Waals surface area (Å²) in [7, 11) is 0. The van der Waals surface area contributed by atoms with Crippen molar-refractivity contribution in [1.29, 1.82) is 0 Å². The van der Waals surface area contributed by atoms with Crippen LogP contribution in [0.5, 0.6) is 0 Å². The third-order valence-electron chi connectivity index (χ3n) is 2.76. The van der Waals surface area contributed by atoms with Gasteiger partial charge in [-0.3, -0.25) is 0 Å². The molecular weight excluding hydrogens is 259 g/mol. The number of para-hydroxylation sites is 1. The number of aromatic nitrogens is 4. The second-order valence-electron chi connectivity index (χ2n) is 3.70. The molecule has 0 N–H and O–H groups in total. The number of fused-ring (bicyclic) bond motifs is 3. The summed E-state index contributed by atoms with van der Waals surface area (Å²) >= 11 is 11.9. The van der Waals surface area contributed by atoms with E-state index in [1.54, 1.807) is 4.52 Å². The minimum atomic E-state index is 0.415. The number of halogens is 2. The largest absolute Gasteiger partial charge is 0.192 e. The Labute approximate surface area is 107 Å². The Morgan fingerprint density at radius 1 is 1.12 bits per heavy atom. The second-order valence-corrected chi connectivity index (χ2v) is 4.23. The first kappa shape index (κ1) is 10.7. The molecule has 0 radical (unpaired) electrons. The van der Waals surface area contributed by atoms with Gasteiger partial charge in [0.15, 0.2) is 5.65 Å². The monoisotopic (exact) mass is 266 g/mol. The maximum Gasteiger partial charge on any atom is 0.180 e. The summed E-state index contributed by atoms with van der Waals surface area (Å²) in [5.74, 6) is 0.837. The van der Waals surface area contributed by atoms with Crippen molar-refractivity contribution in [1.82, 2.24) is 20.0 Å². The lowest BCUT2D eigenvalue weighted by Crippen LogP contribution is -1.97. The lowest BCUT2D eigenvalue weighted by Gasteiger charge is -2.08. The Morgan fingerprint density at radius 3 is 2.71 bits per heavy atom. The predicted octanol–water partition coefficient (Wildman–Crippen LogP) is 2.76. The highest BCUT2D eigenvalue weighted by atomic mass is 35.5. The number of alkyl halides is 2. The summed E-state index contributed by atoms with van der Waals surface area (Å²) in [4.78, 5) is 0. The molecule has 2 heterocycles. The van der Waals surface area contributed by atoms with E-state index in [-0.39, 0.29) is 0 Å². The molecule has 0 aliphatic carbocycles. The third-order valence-corrected chi connectivity index (χ3v) is 3.34. The molecule has 0 unspecified atom stereocenters. The molecule has 3 aromatic rings. The number of pyridine rings is 1. The zero-order valence-corrected chi connectivity index (χ0v) is 10.3. The summed E-state index contributed by atoms with van der Waals surface area (Å²) in [5.41, 5.74) is 3.62. The fraction of sp³-hybridized carbons (Fsp3) is 0.182. The van der Waals surface area contributed by atoms with Crippen molar-refractivity contribution in [2.45, 2.75) is 11.8 Å². The first-order valence-corrected chi connectivity index (χ1v) is 6.15. The number of benzene rings is 1. The normalized spacial score (nSPS) is 11.4.